The first-order valence-electron chi connectivity index (χ1n) is 7.98. The van der Waals surface area contributed by atoms with Gasteiger partial charge in [-0.2, -0.15) is 0 Å². The minimum absolute atomic E-state index is 0.0494. The first kappa shape index (κ1) is 14.0. The molecule has 0 unspecified atom stereocenters. The third-order valence-electron chi connectivity index (χ3n) is 4.32. The molecule has 1 aromatic rings. The molecule has 0 heterocycles. The highest BCUT2D eigenvalue weighted by atomic mass is 19.1. The molecule has 2 saturated carbocycles. The zero-order chi connectivity index (χ0) is 13.9. The highest BCUT2D eigenvalue weighted by Crippen LogP contribution is 2.35. The second-order valence-electron chi connectivity index (χ2n) is 6.31. The summed E-state index contributed by atoms with van der Waals surface area (Å²) in [7, 11) is 0. The van der Waals surface area contributed by atoms with E-state index in [1.54, 1.807) is 6.07 Å². The van der Waals surface area contributed by atoms with Gasteiger partial charge in [-0.05, 0) is 49.8 Å². The fraction of sp³-hybridized carbons (Fsp3) is 0.647. The molecule has 2 fully saturated rings. The van der Waals surface area contributed by atoms with Gasteiger partial charge in [-0.3, -0.25) is 4.90 Å². The molecule has 0 aromatic heterocycles. The second-order valence-corrected chi connectivity index (χ2v) is 6.31. The molecular weight excluding hydrogens is 251 g/mol. The van der Waals surface area contributed by atoms with Gasteiger partial charge in [0.05, 0.1) is 0 Å². The van der Waals surface area contributed by atoms with Crippen LogP contribution < -0.4 is 5.32 Å². The van der Waals surface area contributed by atoms with Crippen molar-refractivity contribution in [3.8, 4) is 0 Å². The molecule has 0 radical (unpaired) electrons. The molecule has 2 aliphatic rings. The van der Waals surface area contributed by atoms with Crippen LogP contribution in [-0.4, -0.2) is 24.0 Å². The first-order chi connectivity index (χ1) is 9.76. The van der Waals surface area contributed by atoms with Crippen molar-refractivity contribution in [2.75, 3.05) is 13.1 Å². The highest BCUT2D eigenvalue weighted by molar-refractivity contribution is 5.25. The summed E-state index contributed by atoms with van der Waals surface area (Å²) in [6, 6.07) is 6.28. The third kappa shape index (κ3) is 3.80. The summed E-state index contributed by atoms with van der Waals surface area (Å²) in [5.74, 6) is 0.829. The normalized spacial score (nSPS) is 18.8. The van der Waals surface area contributed by atoms with E-state index in [9.17, 15) is 4.39 Å². The Kier molecular flexibility index (Phi) is 4.37. The molecule has 0 bridgehead atoms. The Morgan fingerprint density at radius 3 is 2.70 bits per heavy atom. The SMILES string of the molecule is CCNCc1ccc(F)c(CN(CC2CC2)C2CC2)c1. The lowest BCUT2D eigenvalue weighted by Crippen LogP contribution is -2.28. The van der Waals surface area contributed by atoms with E-state index in [4.69, 9.17) is 0 Å². The van der Waals surface area contributed by atoms with Crippen molar-refractivity contribution < 1.29 is 4.39 Å². The van der Waals surface area contributed by atoms with E-state index in [1.165, 1.54) is 37.8 Å². The van der Waals surface area contributed by atoms with Crippen LogP contribution in [0.4, 0.5) is 4.39 Å². The fourth-order valence-electron chi connectivity index (χ4n) is 2.76. The van der Waals surface area contributed by atoms with Crippen LogP contribution in [0.5, 0.6) is 0 Å². The lowest BCUT2D eigenvalue weighted by atomic mass is 10.1. The maximum Gasteiger partial charge on any atom is 0.127 e. The van der Waals surface area contributed by atoms with Gasteiger partial charge in [0.1, 0.15) is 5.82 Å². The Balaban J connectivity index is 1.66. The van der Waals surface area contributed by atoms with Crippen LogP contribution >= 0.6 is 0 Å². The van der Waals surface area contributed by atoms with Gasteiger partial charge in [-0.25, -0.2) is 4.39 Å². The van der Waals surface area contributed by atoms with E-state index in [-0.39, 0.29) is 5.82 Å². The zero-order valence-corrected chi connectivity index (χ0v) is 12.4. The predicted octanol–water partition coefficient (Wildman–Crippen LogP) is 3.31. The lowest BCUT2D eigenvalue weighted by molar-refractivity contribution is 0.240. The van der Waals surface area contributed by atoms with Crippen molar-refractivity contribution in [2.24, 2.45) is 5.92 Å². The summed E-state index contributed by atoms with van der Waals surface area (Å²) in [6.45, 7) is 5.82. The van der Waals surface area contributed by atoms with Crippen LogP contribution in [-0.2, 0) is 13.1 Å². The van der Waals surface area contributed by atoms with Gasteiger partial charge in [-0.1, -0.05) is 19.1 Å². The Labute approximate surface area is 121 Å². The lowest BCUT2D eigenvalue weighted by Gasteiger charge is -2.22. The number of rotatable bonds is 8. The highest BCUT2D eigenvalue weighted by Gasteiger charge is 2.33. The number of nitrogens with zero attached hydrogens (tertiary/aromatic N) is 1. The summed E-state index contributed by atoms with van der Waals surface area (Å²) < 4.78 is 14.0. The molecule has 0 aliphatic heterocycles. The molecule has 3 heteroatoms. The molecular formula is C17H25FN2. The van der Waals surface area contributed by atoms with Crippen molar-refractivity contribution in [3.63, 3.8) is 0 Å². The largest absolute Gasteiger partial charge is 0.313 e. The maximum atomic E-state index is 14.0. The predicted molar refractivity (Wildman–Crippen MR) is 79.9 cm³/mol. The number of benzene rings is 1. The van der Waals surface area contributed by atoms with Crippen molar-refractivity contribution in [1.29, 1.82) is 0 Å². The summed E-state index contributed by atoms with van der Waals surface area (Å²) in [4.78, 5) is 2.51. The van der Waals surface area contributed by atoms with Crippen LogP contribution in [0.25, 0.3) is 0 Å². The molecule has 1 aromatic carbocycles. The molecule has 1 N–H and O–H groups in total. The topological polar surface area (TPSA) is 15.3 Å². The van der Waals surface area contributed by atoms with Gasteiger partial charge in [0.25, 0.3) is 0 Å². The monoisotopic (exact) mass is 276 g/mol. The zero-order valence-electron chi connectivity index (χ0n) is 12.4. The molecule has 3 rings (SSSR count). The Morgan fingerprint density at radius 2 is 2.05 bits per heavy atom. The fourth-order valence-corrected chi connectivity index (χ4v) is 2.76. The molecule has 110 valence electrons. The second kappa shape index (κ2) is 6.23. The maximum absolute atomic E-state index is 14.0. The summed E-state index contributed by atoms with van der Waals surface area (Å²) in [5, 5.41) is 3.31. The average Bonchev–Trinajstić information content (AvgIpc) is 3.31. The van der Waals surface area contributed by atoms with Gasteiger partial charge in [0, 0.05) is 31.2 Å². The average molecular weight is 276 g/mol. The van der Waals surface area contributed by atoms with Crippen LogP contribution in [0, 0.1) is 11.7 Å². The Morgan fingerprint density at radius 1 is 1.25 bits per heavy atom. The number of nitrogens with one attached hydrogen (secondary N) is 1. The van der Waals surface area contributed by atoms with Gasteiger partial charge >= 0.3 is 0 Å². The summed E-state index contributed by atoms with van der Waals surface area (Å²) in [6.07, 6.45) is 5.33. The summed E-state index contributed by atoms with van der Waals surface area (Å²) in [5.41, 5.74) is 2.05. The first-order valence-corrected chi connectivity index (χ1v) is 7.98. The van der Waals surface area contributed by atoms with E-state index in [0.29, 0.717) is 6.04 Å². The molecule has 20 heavy (non-hydrogen) atoms. The van der Waals surface area contributed by atoms with E-state index < -0.39 is 0 Å². The molecule has 0 saturated heterocycles. The molecule has 2 nitrogen and oxygen atoms in total. The van der Waals surface area contributed by atoms with Crippen LogP contribution in [0.2, 0.25) is 0 Å². The van der Waals surface area contributed by atoms with E-state index >= 15 is 0 Å². The van der Waals surface area contributed by atoms with E-state index in [2.05, 4.69) is 17.1 Å². The van der Waals surface area contributed by atoms with Gasteiger partial charge in [-0.15, -0.1) is 0 Å². The Bertz CT molecular complexity index is 452. The standard InChI is InChI=1S/C17H25FN2/c1-2-19-10-14-5-8-17(18)15(9-14)12-20(16-6-7-16)11-13-3-4-13/h5,8-9,13,16,19H,2-4,6-7,10-12H2,1H3. The van der Waals surface area contributed by atoms with Gasteiger partial charge < -0.3 is 5.32 Å². The van der Waals surface area contributed by atoms with Gasteiger partial charge in [0.15, 0.2) is 0 Å². The van der Waals surface area contributed by atoms with E-state index in [1.807, 2.05) is 12.1 Å². The number of halogens is 1. The molecule has 0 spiro atoms. The molecule has 0 amide bonds. The minimum Gasteiger partial charge on any atom is -0.313 e. The van der Waals surface area contributed by atoms with E-state index in [0.717, 1.165) is 31.1 Å². The van der Waals surface area contributed by atoms with Crippen LogP contribution in [0.15, 0.2) is 18.2 Å². The van der Waals surface area contributed by atoms with Crippen LogP contribution in [0.1, 0.15) is 43.7 Å². The Hall–Kier alpha value is -0.930. The van der Waals surface area contributed by atoms with Crippen molar-refractivity contribution >= 4 is 0 Å². The minimum atomic E-state index is -0.0494. The summed E-state index contributed by atoms with van der Waals surface area (Å²) >= 11 is 0. The van der Waals surface area contributed by atoms with Gasteiger partial charge in [0.2, 0.25) is 0 Å². The molecule has 2 aliphatic carbocycles. The van der Waals surface area contributed by atoms with Crippen molar-refractivity contribution in [3.05, 3.63) is 35.1 Å². The quantitative estimate of drug-likeness (QED) is 0.783. The van der Waals surface area contributed by atoms with Crippen LogP contribution in [0.3, 0.4) is 0 Å². The van der Waals surface area contributed by atoms with Crippen molar-refractivity contribution in [2.45, 2.75) is 51.7 Å². The third-order valence-corrected chi connectivity index (χ3v) is 4.32. The number of hydrogen-bond acceptors (Lipinski definition) is 2. The van der Waals surface area contributed by atoms with Crippen molar-refractivity contribution in [1.82, 2.24) is 10.2 Å². The smallest absolute Gasteiger partial charge is 0.127 e. The molecule has 0 atom stereocenters. The number of hydrogen-bond donors (Lipinski definition) is 1.